The van der Waals surface area contributed by atoms with E-state index in [1.54, 1.807) is 0 Å². The summed E-state index contributed by atoms with van der Waals surface area (Å²) in [5.74, 6) is 0.417. The molecule has 1 N–H and O–H groups in total. The number of ether oxygens (including phenoxy) is 1. The number of carbonyl (C=O) groups excluding carboxylic acids is 1. The number of thiophene rings is 1. The van der Waals surface area contributed by atoms with Gasteiger partial charge < -0.3 is 10.1 Å². The molecule has 130 valence electrons. The van der Waals surface area contributed by atoms with Crippen molar-refractivity contribution in [1.29, 1.82) is 0 Å². The van der Waals surface area contributed by atoms with Crippen LogP contribution in [-0.2, 0) is 0 Å². The van der Waals surface area contributed by atoms with E-state index in [1.165, 1.54) is 35.6 Å². The summed E-state index contributed by atoms with van der Waals surface area (Å²) in [6, 6.07) is 5.76. The first kappa shape index (κ1) is 17.2. The summed E-state index contributed by atoms with van der Waals surface area (Å²) in [5.41, 5.74) is 2.15. The largest absolute Gasteiger partial charge is 0.435 e. The van der Waals surface area contributed by atoms with Crippen LogP contribution in [0.25, 0.3) is 10.2 Å². The maximum Gasteiger partial charge on any atom is 0.387 e. The Morgan fingerprint density at radius 2 is 1.84 bits per heavy atom. The van der Waals surface area contributed by atoms with Gasteiger partial charge in [0.1, 0.15) is 16.4 Å². The number of alkyl halides is 2. The number of anilines is 1. The number of halogens is 2. The lowest BCUT2D eigenvalue weighted by atomic mass is 10.1. The molecule has 3 aromatic rings. The van der Waals surface area contributed by atoms with Crippen molar-refractivity contribution < 1.29 is 18.3 Å². The number of benzene rings is 1. The summed E-state index contributed by atoms with van der Waals surface area (Å²) < 4.78 is 28.6. The standard InChI is InChI=1S/C17H15F2N3O2S/c1-8-13-9(2)20-10(3)21-16(13)25-14(8)15(23)22-11-4-6-12(7-5-11)24-17(18)19/h4-7,17H,1-3H3,(H,22,23). The number of hydrogen-bond donors (Lipinski definition) is 1. The molecule has 1 amide bonds. The lowest BCUT2D eigenvalue weighted by molar-refractivity contribution is -0.0498. The third-order valence-electron chi connectivity index (χ3n) is 3.63. The molecule has 1 aromatic carbocycles. The first-order valence-electron chi connectivity index (χ1n) is 7.45. The van der Waals surface area contributed by atoms with E-state index in [4.69, 9.17) is 0 Å². The van der Waals surface area contributed by atoms with Gasteiger partial charge in [-0.3, -0.25) is 4.79 Å². The molecule has 0 saturated heterocycles. The summed E-state index contributed by atoms with van der Waals surface area (Å²) in [7, 11) is 0. The monoisotopic (exact) mass is 363 g/mol. The minimum Gasteiger partial charge on any atom is -0.435 e. The predicted molar refractivity (Wildman–Crippen MR) is 92.7 cm³/mol. The van der Waals surface area contributed by atoms with Gasteiger partial charge in [-0.2, -0.15) is 8.78 Å². The van der Waals surface area contributed by atoms with E-state index in [-0.39, 0.29) is 11.7 Å². The van der Waals surface area contributed by atoms with Crippen LogP contribution in [0, 0.1) is 20.8 Å². The van der Waals surface area contributed by atoms with E-state index in [0.29, 0.717) is 16.4 Å². The quantitative estimate of drug-likeness (QED) is 0.743. The average molecular weight is 363 g/mol. The highest BCUT2D eigenvalue weighted by atomic mass is 32.1. The molecular weight excluding hydrogens is 348 g/mol. The molecule has 0 bridgehead atoms. The molecule has 0 aliphatic heterocycles. The maximum absolute atomic E-state index is 12.6. The van der Waals surface area contributed by atoms with Crippen LogP contribution in [0.15, 0.2) is 24.3 Å². The average Bonchev–Trinajstić information content (AvgIpc) is 2.85. The van der Waals surface area contributed by atoms with Crippen molar-refractivity contribution in [3.63, 3.8) is 0 Å². The van der Waals surface area contributed by atoms with Crippen LogP contribution in [0.5, 0.6) is 5.75 Å². The summed E-state index contributed by atoms with van der Waals surface area (Å²) in [6.07, 6.45) is 0. The number of fused-ring (bicyclic) bond motifs is 1. The molecule has 3 rings (SSSR count). The highest BCUT2D eigenvalue weighted by Gasteiger charge is 2.19. The molecule has 0 aliphatic rings. The SMILES string of the molecule is Cc1nc(C)c2c(C)c(C(=O)Nc3ccc(OC(F)F)cc3)sc2n1. The molecule has 0 unspecified atom stereocenters. The zero-order chi connectivity index (χ0) is 18.1. The van der Waals surface area contributed by atoms with Gasteiger partial charge in [-0.05, 0) is 50.6 Å². The molecule has 0 aliphatic carbocycles. The second-order valence-electron chi connectivity index (χ2n) is 5.45. The molecule has 0 atom stereocenters. The number of aromatic nitrogens is 2. The Kier molecular flexibility index (Phi) is 4.63. The van der Waals surface area contributed by atoms with Gasteiger partial charge in [0.05, 0.1) is 4.88 Å². The smallest absolute Gasteiger partial charge is 0.387 e. The third kappa shape index (κ3) is 3.58. The molecule has 0 saturated carbocycles. The van der Waals surface area contributed by atoms with Crippen molar-refractivity contribution in [2.45, 2.75) is 27.4 Å². The summed E-state index contributed by atoms with van der Waals surface area (Å²) in [6.45, 7) is 2.68. The van der Waals surface area contributed by atoms with Crippen molar-refractivity contribution in [3.8, 4) is 5.75 Å². The molecular formula is C17H15F2N3O2S. The van der Waals surface area contributed by atoms with Crippen molar-refractivity contribution in [3.05, 3.63) is 46.2 Å². The van der Waals surface area contributed by atoms with Gasteiger partial charge in [-0.1, -0.05) is 0 Å². The highest BCUT2D eigenvalue weighted by molar-refractivity contribution is 7.20. The Labute approximate surface area is 146 Å². The lowest BCUT2D eigenvalue weighted by Crippen LogP contribution is -2.11. The maximum atomic E-state index is 12.6. The van der Waals surface area contributed by atoms with E-state index in [2.05, 4.69) is 20.0 Å². The zero-order valence-corrected chi connectivity index (χ0v) is 14.6. The highest BCUT2D eigenvalue weighted by Crippen LogP contribution is 2.31. The second kappa shape index (κ2) is 6.72. The molecule has 5 nitrogen and oxygen atoms in total. The second-order valence-corrected chi connectivity index (χ2v) is 6.45. The molecule has 2 aromatic heterocycles. The minimum absolute atomic E-state index is 0.0346. The summed E-state index contributed by atoms with van der Waals surface area (Å²) in [5, 5.41) is 3.65. The molecule has 25 heavy (non-hydrogen) atoms. The number of nitrogens with one attached hydrogen (secondary N) is 1. The van der Waals surface area contributed by atoms with Crippen LogP contribution in [0.3, 0.4) is 0 Å². The number of rotatable bonds is 4. The van der Waals surface area contributed by atoms with Crippen LogP contribution >= 0.6 is 11.3 Å². The van der Waals surface area contributed by atoms with Crippen molar-refractivity contribution in [1.82, 2.24) is 9.97 Å². The van der Waals surface area contributed by atoms with Gasteiger partial charge in [-0.15, -0.1) is 11.3 Å². The van der Waals surface area contributed by atoms with Gasteiger partial charge in [-0.25, -0.2) is 9.97 Å². The zero-order valence-electron chi connectivity index (χ0n) is 13.8. The van der Waals surface area contributed by atoms with Gasteiger partial charge in [0.25, 0.3) is 5.91 Å². The number of hydrogen-bond acceptors (Lipinski definition) is 5. The van der Waals surface area contributed by atoms with E-state index in [9.17, 15) is 13.6 Å². The molecule has 8 heteroatoms. The van der Waals surface area contributed by atoms with Crippen LogP contribution in [0.1, 0.15) is 26.8 Å². The van der Waals surface area contributed by atoms with E-state index >= 15 is 0 Å². The summed E-state index contributed by atoms with van der Waals surface area (Å²) >= 11 is 1.30. The predicted octanol–water partition coefficient (Wildman–Crippen LogP) is 4.47. The van der Waals surface area contributed by atoms with E-state index < -0.39 is 6.61 Å². The van der Waals surface area contributed by atoms with E-state index in [1.807, 2.05) is 20.8 Å². The Bertz CT molecular complexity index is 939. The molecule has 2 heterocycles. The van der Waals surface area contributed by atoms with Gasteiger partial charge in [0, 0.05) is 16.8 Å². The third-order valence-corrected chi connectivity index (χ3v) is 4.81. The van der Waals surface area contributed by atoms with Gasteiger partial charge in [0.15, 0.2) is 0 Å². The van der Waals surface area contributed by atoms with E-state index in [0.717, 1.165) is 21.5 Å². The van der Waals surface area contributed by atoms with Crippen LogP contribution < -0.4 is 10.1 Å². The topological polar surface area (TPSA) is 64.1 Å². The van der Waals surface area contributed by atoms with Crippen LogP contribution in [0.2, 0.25) is 0 Å². The van der Waals surface area contributed by atoms with Crippen LogP contribution in [-0.4, -0.2) is 22.5 Å². The Hall–Kier alpha value is -2.61. The first-order valence-corrected chi connectivity index (χ1v) is 8.27. The Balaban J connectivity index is 1.85. The fourth-order valence-electron chi connectivity index (χ4n) is 2.60. The Morgan fingerprint density at radius 3 is 2.48 bits per heavy atom. The van der Waals surface area contributed by atoms with Gasteiger partial charge in [0.2, 0.25) is 0 Å². The number of aryl methyl sites for hydroxylation is 3. The number of amides is 1. The van der Waals surface area contributed by atoms with Crippen LogP contribution in [0.4, 0.5) is 14.5 Å². The molecule has 0 spiro atoms. The molecule has 0 fully saturated rings. The van der Waals surface area contributed by atoms with Crippen molar-refractivity contribution in [2.75, 3.05) is 5.32 Å². The fraction of sp³-hybridized carbons (Fsp3) is 0.235. The fourth-order valence-corrected chi connectivity index (χ4v) is 3.77. The molecule has 0 radical (unpaired) electrons. The normalized spacial score (nSPS) is 11.1. The minimum atomic E-state index is -2.88. The first-order chi connectivity index (χ1) is 11.8. The lowest BCUT2D eigenvalue weighted by Gasteiger charge is -2.07. The summed E-state index contributed by atoms with van der Waals surface area (Å²) in [4.78, 5) is 22.6. The van der Waals surface area contributed by atoms with Crippen molar-refractivity contribution in [2.24, 2.45) is 0 Å². The van der Waals surface area contributed by atoms with Gasteiger partial charge >= 0.3 is 6.61 Å². The number of carbonyl (C=O) groups is 1. The Morgan fingerprint density at radius 1 is 1.16 bits per heavy atom. The van der Waals surface area contributed by atoms with Crippen molar-refractivity contribution >= 4 is 33.1 Å². The number of nitrogens with zero attached hydrogens (tertiary/aromatic N) is 2.